The van der Waals surface area contributed by atoms with Crippen LogP contribution in [-0.4, -0.2) is 11.0 Å². The van der Waals surface area contributed by atoms with Crippen molar-refractivity contribution >= 4 is 5.69 Å². The minimum Gasteiger partial charge on any atom is -0.457 e. The van der Waals surface area contributed by atoms with Crippen molar-refractivity contribution in [2.45, 2.75) is 25.4 Å². The molecule has 1 aliphatic carbocycles. The number of nitro benzene ring substituents is 1. The second kappa shape index (κ2) is 5.93. The molecule has 0 aliphatic heterocycles. The first-order valence-electron chi connectivity index (χ1n) is 6.95. The van der Waals surface area contributed by atoms with Gasteiger partial charge in [0.1, 0.15) is 11.5 Å². The molecule has 108 valence electrons. The summed E-state index contributed by atoms with van der Waals surface area (Å²) in [4.78, 5) is 10.3. The van der Waals surface area contributed by atoms with Crippen LogP contribution < -0.4 is 10.1 Å². The van der Waals surface area contributed by atoms with E-state index in [0.717, 1.165) is 6.54 Å². The fraction of sp³-hybridized carbons (Fsp3) is 0.250. The summed E-state index contributed by atoms with van der Waals surface area (Å²) in [7, 11) is 0. The normalized spacial score (nSPS) is 13.9. The number of nitrogens with zero attached hydrogens (tertiary/aromatic N) is 1. The Bertz CT molecular complexity index is 636. The molecule has 1 N–H and O–H groups in total. The molecule has 2 aromatic carbocycles. The van der Waals surface area contributed by atoms with Gasteiger partial charge < -0.3 is 10.1 Å². The number of nitrogens with one attached hydrogen (secondary N) is 1. The van der Waals surface area contributed by atoms with Crippen LogP contribution in [-0.2, 0) is 6.54 Å². The number of non-ortho nitro benzene ring substituents is 1. The highest BCUT2D eigenvalue weighted by atomic mass is 16.6. The SMILES string of the molecule is O=[N+]([O-])c1cccc(Oc2ccc(CNC3CC3)cc2)c1. The molecule has 1 aliphatic rings. The summed E-state index contributed by atoms with van der Waals surface area (Å²) in [6, 6.07) is 14.6. The van der Waals surface area contributed by atoms with Gasteiger partial charge >= 0.3 is 0 Å². The quantitative estimate of drug-likeness (QED) is 0.649. The van der Waals surface area contributed by atoms with Crippen LogP contribution in [0.15, 0.2) is 48.5 Å². The van der Waals surface area contributed by atoms with E-state index in [1.807, 2.05) is 24.3 Å². The summed E-state index contributed by atoms with van der Waals surface area (Å²) in [5.41, 5.74) is 1.23. The fourth-order valence-electron chi connectivity index (χ4n) is 2.02. The van der Waals surface area contributed by atoms with Gasteiger partial charge in [-0.1, -0.05) is 18.2 Å². The molecule has 0 saturated heterocycles. The molecular formula is C16H16N2O3. The van der Waals surface area contributed by atoms with Crippen molar-refractivity contribution in [1.82, 2.24) is 5.32 Å². The molecule has 0 spiro atoms. The van der Waals surface area contributed by atoms with E-state index in [-0.39, 0.29) is 5.69 Å². The Morgan fingerprint density at radius 1 is 1.14 bits per heavy atom. The summed E-state index contributed by atoms with van der Waals surface area (Å²) in [6.07, 6.45) is 2.54. The zero-order chi connectivity index (χ0) is 14.7. The van der Waals surface area contributed by atoms with Gasteiger partial charge in [-0.05, 0) is 36.6 Å². The van der Waals surface area contributed by atoms with Crippen molar-refractivity contribution in [3.05, 3.63) is 64.2 Å². The summed E-state index contributed by atoms with van der Waals surface area (Å²) < 4.78 is 5.64. The van der Waals surface area contributed by atoms with Gasteiger partial charge in [0.05, 0.1) is 11.0 Å². The van der Waals surface area contributed by atoms with Crippen LogP contribution in [0.2, 0.25) is 0 Å². The van der Waals surface area contributed by atoms with Crippen molar-refractivity contribution in [2.75, 3.05) is 0 Å². The number of rotatable bonds is 6. The second-order valence-electron chi connectivity index (χ2n) is 5.16. The number of benzene rings is 2. The molecule has 0 aromatic heterocycles. The zero-order valence-corrected chi connectivity index (χ0v) is 11.5. The number of ether oxygens (including phenoxy) is 1. The Labute approximate surface area is 122 Å². The van der Waals surface area contributed by atoms with Gasteiger partial charge in [0.25, 0.3) is 5.69 Å². The van der Waals surface area contributed by atoms with E-state index < -0.39 is 4.92 Å². The van der Waals surface area contributed by atoms with Crippen LogP contribution in [0.1, 0.15) is 18.4 Å². The molecule has 1 fully saturated rings. The standard InChI is InChI=1S/C16H16N2O3/c19-18(20)14-2-1-3-16(10-14)21-15-8-4-12(5-9-15)11-17-13-6-7-13/h1-5,8-10,13,17H,6-7,11H2. The van der Waals surface area contributed by atoms with Gasteiger partial charge in [-0.25, -0.2) is 0 Å². The van der Waals surface area contributed by atoms with Gasteiger partial charge in [-0.15, -0.1) is 0 Å². The summed E-state index contributed by atoms with van der Waals surface area (Å²) in [6.45, 7) is 0.863. The minimum absolute atomic E-state index is 0.0257. The lowest BCUT2D eigenvalue weighted by molar-refractivity contribution is -0.384. The van der Waals surface area contributed by atoms with E-state index in [9.17, 15) is 10.1 Å². The molecule has 5 heteroatoms. The summed E-state index contributed by atoms with van der Waals surface area (Å²) >= 11 is 0. The third-order valence-electron chi connectivity index (χ3n) is 3.36. The largest absolute Gasteiger partial charge is 0.457 e. The van der Waals surface area contributed by atoms with Crippen molar-refractivity contribution in [3.63, 3.8) is 0 Å². The van der Waals surface area contributed by atoms with Gasteiger partial charge in [0.15, 0.2) is 0 Å². The van der Waals surface area contributed by atoms with Crippen LogP contribution in [0.3, 0.4) is 0 Å². The molecular weight excluding hydrogens is 268 g/mol. The Morgan fingerprint density at radius 3 is 2.57 bits per heavy atom. The van der Waals surface area contributed by atoms with Crippen LogP contribution in [0.5, 0.6) is 11.5 Å². The molecule has 1 saturated carbocycles. The van der Waals surface area contributed by atoms with Crippen molar-refractivity contribution < 1.29 is 9.66 Å². The van der Waals surface area contributed by atoms with E-state index in [1.54, 1.807) is 12.1 Å². The highest BCUT2D eigenvalue weighted by Gasteiger charge is 2.19. The first-order chi connectivity index (χ1) is 10.2. The predicted molar refractivity (Wildman–Crippen MR) is 79.5 cm³/mol. The van der Waals surface area contributed by atoms with Gasteiger partial charge in [-0.3, -0.25) is 10.1 Å². The lowest BCUT2D eigenvalue weighted by atomic mass is 10.2. The smallest absolute Gasteiger partial charge is 0.273 e. The topological polar surface area (TPSA) is 64.4 Å². The monoisotopic (exact) mass is 284 g/mol. The molecule has 3 rings (SSSR count). The minimum atomic E-state index is -0.431. The van der Waals surface area contributed by atoms with Crippen LogP contribution in [0, 0.1) is 10.1 Å². The summed E-state index contributed by atoms with van der Waals surface area (Å²) in [5.74, 6) is 1.14. The molecule has 0 unspecified atom stereocenters. The third-order valence-corrected chi connectivity index (χ3v) is 3.36. The average Bonchev–Trinajstić information content (AvgIpc) is 3.31. The second-order valence-corrected chi connectivity index (χ2v) is 5.16. The Kier molecular flexibility index (Phi) is 3.83. The number of nitro groups is 1. The van der Waals surface area contributed by atoms with E-state index in [0.29, 0.717) is 17.5 Å². The highest BCUT2D eigenvalue weighted by molar-refractivity contribution is 5.40. The first kappa shape index (κ1) is 13.6. The van der Waals surface area contributed by atoms with E-state index in [1.165, 1.54) is 30.5 Å². The van der Waals surface area contributed by atoms with E-state index in [2.05, 4.69) is 5.32 Å². The third kappa shape index (κ3) is 3.79. The number of hydrogen-bond acceptors (Lipinski definition) is 4. The average molecular weight is 284 g/mol. The van der Waals surface area contributed by atoms with Gasteiger partial charge in [0.2, 0.25) is 0 Å². The molecule has 5 nitrogen and oxygen atoms in total. The van der Waals surface area contributed by atoms with Gasteiger partial charge in [0, 0.05) is 18.7 Å². The fourth-order valence-corrected chi connectivity index (χ4v) is 2.02. The molecule has 21 heavy (non-hydrogen) atoms. The lowest BCUT2D eigenvalue weighted by Crippen LogP contribution is -2.14. The molecule has 0 atom stereocenters. The van der Waals surface area contributed by atoms with E-state index in [4.69, 9.17) is 4.74 Å². The predicted octanol–water partition coefficient (Wildman–Crippen LogP) is 3.64. The molecule has 2 aromatic rings. The Hall–Kier alpha value is -2.40. The Morgan fingerprint density at radius 2 is 1.90 bits per heavy atom. The van der Waals surface area contributed by atoms with Crippen LogP contribution in [0.25, 0.3) is 0 Å². The highest BCUT2D eigenvalue weighted by Crippen LogP contribution is 2.25. The Balaban J connectivity index is 1.63. The van der Waals surface area contributed by atoms with Gasteiger partial charge in [-0.2, -0.15) is 0 Å². The maximum atomic E-state index is 10.7. The molecule has 0 radical (unpaired) electrons. The lowest BCUT2D eigenvalue weighted by Gasteiger charge is -2.07. The summed E-state index contributed by atoms with van der Waals surface area (Å²) in [5, 5.41) is 14.2. The van der Waals surface area contributed by atoms with Crippen molar-refractivity contribution in [3.8, 4) is 11.5 Å². The zero-order valence-electron chi connectivity index (χ0n) is 11.5. The molecule has 0 amide bonds. The first-order valence-corrected chi connectivity index (χ1v) is 6.95. The maximum Gasteiger partial charge on any atom is 0.273 e. The maximum absolute atomic E-state index is 10.7. The molecule has 0 heterocycles. The van der Waals surface area contributed by atoms with Crippen LogP contribution in [0.4, 0.5) is 5.69 Å². The molecule has 0 bridgehead atoms. The number of hydrogen-bond donors (Lipinski definition) is 1. The van der Waals surface area contributed by atoms with Crippen molar-refractivity contribution in [2.24, 2.45) is 0 Å². The van der Waals surface area contributed by atoms with E-state index >= 15 is 0 Å². The van der Waals surface area contributed by atoms with Crippen LogP contribution >= 0.6 is 0 Å². The van der Waals surface area contributed by atoms with Crippen molar-refractivity contribution in [1.29, 1.82) is 0 Å².